The summed E-state index contributed by atoms with van der Waals surface area (Å²) in [6.45, 7) is 5.73. The van der Waals surface area contributed by atoms with Crippen LogP contribution in [0.15, 0.2) is 60.5 Å². The normalized spacial score (nSPS) is 15.5. The summed E-state index contributed by atoms with van der Waals surface area (Å²) in [6.07, 6.45) is 3.88. The summed E-state index contributed by atoms with van der Waals surface area (Å²) in [5, 5.41) is 1.68. The molecule has 182 valence electrons. The topological polar surface area (TPSA) is 58.9 Å². The minimum atomic E-state index is -0.125. The van der Waals surface area contributed by atoms with Crippen LogP contribution in [0.5, 0.6) is 17.2 Å². The molecule has 4 aromatic rings. The highest BCUT2D eigenvalue weighted by atomic mass is 35.5. The molecule has 0 unspecified atom stereocenters. The molecule has 0 aliphatic carbocycles. The molecule has 0 fully saturated rings. The number of ketones is 1. The molecule has 0 spiro atoms. The maximum atomic E-state index is 13.2. The third-order valence-corrected chi connectivity index (χ3v) is 6.75. The summed E-state index contributed by atoms with van der Waals surface area (Å²) in [4.78, 5) is 13.2. The lowest BCUT2D eigenvalue weighted by atomic mass is 10.0. The molecule has 0 N–H and O–H groups in total. The van der Waals surface area contributed by atoms with E-state index in [1.165, 1.54) is 0 Å². The first kappa shape index (κ1) is 22.7. The molecule has 3 aromatic carbocycles. The van der Waals surface area contributed by atoms with Gasteiger partial charge < -0.3 is 23.5 Å². The number of rotatable bonds is 5. The van der Waals surface area contributed by atoms with Gasteiger partial charge in [-0.2, -0.15) is 0 Å². The van der Waals surface area contributed by atoms with Crippen LogP contribution >= 0.6 is 11.6 Å². The van der Waals surface area contributed by atoms with Crippen LogP contribution in [-0.2, 0) is 24.5 Å². The van der Waals surface area contributed by atoms with Crippen molar-refractivity contribution in [1.82, 2.24) is 4.57 Å². The first-order chi connectivity index (χ1) is 17.5. The maximum Gasteiger partial charge on any atom is 0.232 e. The number of benzene rings is 3. The number of hydrogen-bond donors (Lipinski definition) is 0. The molecule has 0 bridgehead atoms. The van der Waals surface area contributed by atoms with Crippen LogP contribution in [0.25, 0.3) is 17.0 Å². The molecule has 3 heterocycles. The second-order valence-electron chi connectivity index (χ2n) is 8.89. The third-order valence-electron chi connectivity index (χ3n) is 6.54. The molecule has 0 atom stereocenters. The van der Waals surface area contributed by atoms with Crippen LogP contribution in [0.4, 0.5) is 0 Å². The number of Topliss-reactive ketones (excluding diaryl/α,β-unsaturated/α-hetero) is 1. The smallest absolute Gasteiger partial charge is 0.232 e. The quantitative estimate of drug-likeness (QED) is 0.285. The molecule has 2 aliphatic rings. The van der Waals surface area contributed by atoms with Crippen LogP contribution in [0.1, 0.15) is 39.5 Å². The molecule has 0 saturated heterocycles. The summed E-state index contributed by atoms with van der Waals surface area (Å²) in [7, 11) is 0. The van der Waals surface area contributed by atoms with E-state index >= 15 is 0 Å². The number of aryl methyl sites for hydroxylation is 2. The van der Waals surface area contributed by atoms with Crippen LogP contribution in [0.3, 0.4) is 0 Å². The Morgan fingerprint density at radius 3 is 2.89 bits per heavy atom. The van der Waals surface area contributed by atoms with E-state index < -0.39 is 0 Å². The first-order valence-electron chi connectivity index (χ1n) is 11.8. The van der Waals surface area contributed by atoms with Crippen molar-refractivity contribution in [2.75, 3.05) is 6.79 Å². The number of allylic oxidation sites excluding steroid dienone is 1. The number of carbonyl (C=O) groups is 1. The molecular weight excluding hydrogens is 478 g/mol. The lowest BCUT2D eigenvalue weighted by molar-refractivity contribution is -0.0175. The van der Waals surface area contributed by atoms with Gasteiger partial charge in [-0.15, -0.1) is 0 Å². The van der Waals surface area contributed by atoms with Crippen molar-refractivity contribution >= 4 is 34.4 Å². The van der Waals surface area contributed by atoms with Gasteiger partial charge in [0, 0.05) is 51.4 Å². The molecule has 0 saturated carbocycles. The Morgan fingerprint density at radius 2 is 2.03 bits per heavy atom. The fourth-order valence-corrected chi connectivity index (χ4v) is 5.14. The molecule has 0 radical (unpaired) electrons. The number of fused-ring (bicyclic) bond motifs is 3. The zero-order valence-corrected chi connectivity index (χ0v) is 20.7. The monoisotopic (exact) mass is 501 g/mol. The Balaban J connectivity index is 1.28. The van der Waals surface area contributed by atoms with E-state index in [2.05, 4.69) is 29.8 Å². The fraction of sp³-hybridized carbons (Fsp3) is 0.207. The molecule has 2 aliphatic heterocycles. The van der Waals surface area contributed by atoms with E-state index in [0.717, 1.165) is 45.5 Å². The summed E-state index contributed by atoms with van der Waals surface area (Å²) in [5.41, 5.74) is 5.17. The fourth-order valence-electron chi connectivity index (χ4n) is 4.88. The van der Waals surface area contributed by atoms with Gasteiger partial charge in [0.2, 0.25) is 5.78 Å². The summed E-state index contributed by atoms with van der Waals surface area (Å²) < 4.78 is 25.3. The molecule has 0 amide bonds. The van der Waals surface area contributed by atoms with Gasteiger partial charge in [-0.05, 0) is 49.8 Å². The van der Waals surface area contributed by atoms with Crippen molar-refractivity contribution in [3.05, 3.63) is 93.3 Å². The van der Waals surface area contributed by atoms with Gasteiger partial charge in [0.1, 0.15) is 23.9 Å². The van der Waals surface area contributed by atoms with Crippen molar-refractivity contribution < 1.29 is 23.7 Å². The molecular formula is C29H24ClNO5. The number of nitrogens with zero attached hydrogens (tertiary/aromatic N) is 1. The highest BCUT2D eigenvalue weighted by Crippen LogP contribution is 2.39. The standard InChI is InChI=1S/C29H24ClNO5/c1-3-31-13-18(23-6-4-5-7-24(23)31)11-26-28(32)27-17(2)8-22(12-25(27)36-26)34-15-20-10-21(30)9-19-14-33-16-35-29(19)20/h4-13H,3,14-16H2,1-2H3/b26-11-. The van der Waals surface area contributed by atoms with E-state index in [0.29, 0.717) is 34.5 Å². The number of ether oxygens (including phenoxy) is 4. The van der Waals surface area contributed by atoms with Crippen LogP contribution in [-0.4, -0.2) is 17.1 Å². The van der Waals surface area contributed by atoms with Crippen LogP contribution in [0.2, 0.25) is 5.02 Å². The average Bonchev–Trinajstić information content (AvgIpc) is 3.39. The molecule has 6 nitrogen and oxygen atoms in total. The lowest BCUT2D eigenvalue weighted by Gasteiger charge is -2.21. The number of aromatic nitrogens is 1. The Kier molecular flexibility index (Phi) is 5.70. The maximum absolute atomic E-state index is 13.2. The van der Waals surface area contributed by atoms with Gasteiger partial charge >= 0.3 is 0 Å². The van der Waals surface area contributed by atoms with Gasteiger partial charge in [-0.3, -0.25) is 4.79 Å². The van der Waals surface area contributed by atoms with Crippen molar-refractivity contribution in [2.45, 2.75) is 33.6 Å². The lowest BCUT2D eigenvalue weighted by Crippen LogP contribution is -2.14. The van der Waals surface area contributed by atoms with Crippen molar-refractivity contribution in [3.8, 4) is 17.2 Å². The van der Waals surface area contributed by atoms with Gasteiger partial charge in [-0.1, -0.05) is 29.8 Å². The van der Waals surface area contributed by atoms with E-state index in [1.54, 1.807) is 6.07 Å². The Labute approximate surface area is 213 Å². The molecule has 1 aromatic heterocycles. The molecule has 36 heavy (non-hydrogen) atoms. The average molecular weight is 502 g/mol. The summed E-state index contributed by atoms with van der Waals surface area (Å²) in [6, 6.07) is 15.4. The molecule has 7 heteroatoms. The zero-order chi connectivity index (χ0) is 24.8. The minimum absolute atomic E-state index is 0.125. The third kappa shape index (κ3) is 3.92. The van der Waals surface area contributed by atoms with Crippen LogP contribution in [0, 0.1) is 6.92 Å². The number of halogens is 1. The van der Waals surface area contributed by atoms with Crippen LogP contribution < -0.4 is 14.2 Å². The number of carbonyl (C=O) groups excluding carboxylic acids is 1. The van der Waals surface area contributed by atoms with E-state index in [-0.39, 0.29) is 19.2 Å². The van der Waals surface area contributed by atoms with Gasteiger partial charge in [-0.25, -0.2) is 0 Å². The van der Waals surface area contributed by atoms with Gasteiger partial charge in [0.05, 0.1) is 12.2 Å². The predicted molar refractivity (Wildman–Crippen MR) is 138 cm³/mol. The second-order valence-corrected chi connectivity index (χ2v) is 9.33. The first-order valence-corrected chi connectivity index (χ1v) is 12.2. The largest absolute Gasteiger partial charge is 0.489 e. The van der Waals surface area contributed by atoms with Crippen molar-refractivity contribution in [1.29, 1.82) is 0 Å². The molecule has 6 rings (SSSR count). The SMILES string of the molecule is CCn1cc(/C=C2\Oc3cc(OCc4cc(Cl)cc5c4OCOC5)cc(C)c3C2=O)c2ccccc21. The predicted octanol–water partition coefficient (Wildman–Crippen LogP) is 6.68. The minimum Gasteiger partial charge on any atom is -0.489 e. The number of hydrogen-bond acceptors (Lipinski definition) is 5. The van der Waals surface area contributed by atoms with Crippen molar-refractivity contribution in [3.63, 3.8) is 0 Å². The highest BCUT2D eigenvalue weighted by Gasteiger charge is 2.30. The van der Waals surface area contributed by atoms with Gasteiger partial charge in [0.25, 0.3) is 0 Å². The highest BCUT2D eigenvalue weighted by molar-refractivity contribution is 6.30. The summed E-state index contributed by atoms with van der Waals surface area (Å²) in [5.74, 6) is 2.02. The Hall–Kier alpha value is -3.74. The van der Waals surface area contributed by atoms with E-state index in [9.17, 15) is 4.79 Å². The number of para-hydroxylation sites is 1. The Bertz CT molecular complexity index is 1550. The van der Waals surface area contributed by atoms with Crippen molar-refractivity contribution in [2.24, 2.45) is 0 Å². The summed E-state index contributed by atoms with van der Waals surface area (Å²) >= 11 is 6.28. The van der Waals surface area contributed by atoms with E-state index in [1.807, 2.05) is 43.3 Å². The zero-order valence-electron chi connectivity index (χ0n) is 20.0. The Morgan fingerprint density at radius 1 is 1.17 bits per heavy atom. The second kappa shape index (κ2) is 9.04. The van der Waals surface area contributed by atoms with E-state index in [4.69, 9.17) is 30.5 Å². The van der Waals surface area contributed by atoms with Gasteiger partial charge in [0.15, 0.2) is 12.6 Å².